The summed E-state index contributed by atoms with van der Waals surface area (Å²) in [7, 11) is -3.52. The van der Waals surface area contributed by atoms with Crippen LogP contribution in [0.2, 0.25) is 0 Å². The number of carbonyl (C=O) groups excluding carboxylic acids is 1. The molecule has 3 rings (SSSR count). The lowest BCUT2D eigenvalue weighted by atomic mass is 9.86. The largest absolute Gasteiger partial charge is 0.339 e. The summed E-state index contributed by atoms with van der Waals surface area (Å²) >= 11 is 0. The van der Waals surface area contributed by atoms with E-state index in [1.54, 1.807) is 11.0 Å². The predicted molar refractivity (Wildman–Crippen MR) is 101 cm³/mol. The molecule has 1 aliphatic carbocycles. The first kappa shape index (κ1) is 19.3. The number of nitrogens with zero attached hydrogens (tertiary/aromatic N) is 2. The Hall–Kier alpha value is -1.44. The van der Waals surface area contributed by atoms with Gasteiger partial charge in [-0.1, -0.05) is 26.8 Å². The van der Waals surface area contributed by atoms with Crippen LogP contribution in [0.5, 0.6) is 0 Å². The van der Waals surface area contributed by atoms with Gasteiger partial charge in [0.05, 0.1) is 10.9 Å². The van der Waals surface area contributed by atoms with Gasteiger partial charge in [-0.25, -0.2) is 8.42 Å². The summed E-state index contributed by atoms with van der Waals surface area (Å²) in [5.74, 6) is -0.105. The van der Waals surface area contributed by atoms with Gasteiger partial charge in [0.15, 0.2) is 0 Å². The maximum absolute atomic E-state index is 13.0. The van der Waals surface area contributed by atoms with Crippen molar-refractivity contribution in [2.24, 2.45) is 11.1 Å². The number of hydrogen-bond acceptors (Lipinski definition) is 4. The molecular formula is C19H29N3O3S. The molecule has 0 bridgehead atoms. The number of aryl methyl sites for hydroxylation is 2. The zero-order valence-electron chi connectivity index (χ0n) is 15.9. The van der Waals surface area contributed by atoms with Crippen molar-refractivity contribution in [1.29, 1.82) is 0 Å². The average molecular weight is 380 g/mol. The molecule has 1 heterocycles. The molecule has 1 fully saturated rings. The quantitative estimate of drug-likeness (QED) is 0.860. The maximum Gasteiger partial charge on any atom is 0.243 e. The molecule has 1 atom stereocenters. The zero-order chi connectivity index (χ0) is 19.1. The number of fused-ring (bicyclic) bond motifs is 1. The Balaban J connectivity index is 1.68. The Morgan fingerprint density at radius 1 is 1.08 bits per heavy atom. The van der Waals surface area contributed by atoms with Crippen molar-refractivity contribution in [3.05, 3.63) is 29.3 Å². The Bertz CT molecular complexity index is 791. The second-order valence-electron chi connectivity index (χ2n) is 8.36. The van der Waals surface area contributed by atoms with Gasteiger partial charge in [0, 0.05) is 26.2 Å². The SMILES string of the molecule is CC(C)(C)[C@H](N)C(=O)N1CCN(S(=O)(=O)c2ccc3c(c2)CCC3)CC1. The minimum absolute atomic E-state index is 0.105. The highest BCUT2D eigenvalue weighted by molar-refractivity contribution is 7.89. The highest BCUT2D eigenvalue weighted by atomic mass is 32.2. The number of benzene rings is 1. The van der Waals surface area contributed by atoms with Crippen LogP contribution in [0, 0.1) is 5.41 Å². The van der Waals surface area contributed by atoms with Crippen LogP contribution in [-0.2, 0) is 27.7 Å². The van der Waals surface area contributed by atoms with E-state index >= 15 is 0 Å². The van der Waals surface area contributed by atoms with E-state index in [-0.39, 0.29) is 11.3 Å². The first-order valence-corrected chi connectivity index (χ1v) is 10.7. The number of amides is 1. The summed E-state index contributed by atoms with van der Waals surface area (Å²) in [6.07, 6.45) is 3.07. The molecule has 1 amide bonds. The molecule has 2 aliphatic rings. The minimum atomic E-state index is -3.52. The summed E-state index contributed by atoms with van der Waals surface area (Å²) in [5.41, 5.74) is 8.16. The molecule has 0 radical (unpaired) electrons. The molecule has 1 aliphatic heterocycles. The summed E-state index contributed by atoms with van der Waals surface area (Å²) in [5, 5.41) is 0. The van der Waals surface area contributed by atoms with E-state index < -0.39 is 16.1 Å². The molecule has 1 aromatic rings. The van der Waals surface area contributed by atoms with Crippen molar-refractivity contribution in [2.75, 3.05) is 26.2 Å². The van der Waals surface area contributed by atoms with Crippen molar-refractivity contribution < 1.29 is 13.2 Å². The standard InChI is InChI=1S/C19H29N3O3S/c1-19(2,3)17(20)18(23)21-9-11-22(12-10-21)26(24,25)16-8-7-14-5-4-6-15(14)13-16/h7-8,13,17H,4-6,9-12,20H2,1-3H3/t17-/m1/s1. The fourth-order valence-electron chi connectivity index (χ4n) is 3.57. The Labute approximate surface area is 156 Å². The maximum atomic E-state index is 13.0. The molecule has 26 heavy (non-hydrogen) atoms. The van der Waals surface area contributed by atoms with Gasteiger partial charge in [-0.2, -0.15) is 4.31 Å². The van der Waals surface area contributed by atoms with Crippen LogP contribution in [0.3, 0.4) is 0 Å². The number of nitrogens with two attached hydrogens (primary N) is 1. The zero-order valence-corrected chi connectivity index (χ0v) is 16.7. The topological polar surface area (TPSA) is 83.7 Å². The van der Waals surface area contributed by atoms with Gasteiger partial charge in [-0.05, 0) is 47.9 Å². The van der Waals surface area contributed by atoms with E-state index in [1.807, 2.05) is 32.9 Å². The van der Waals surface area contributed by atoms with Crippen molar-refractivity contribution in [3.8, 4) is 0 Å². The lowest BCUT2D eigenvalue weighted by molar-refractivity contribution is -0.136. The summed E-state index contributed by atoms with van der Waals surface area (Å²) in [6.45, 7) is 7.18. The van der Waals surface area contributed by atoms with Crippen LogP contribution in [-0.4, -0.2) is 55.8 Å². The highest BCUT2D eigenvalue weighted by Gasteiger charge is 2.35. The van der Waals surface area contributed by atoms with Gasteiger partial charge in [-0.3, -0.25) is 4.79 Å². The number of carbonyl (C=O) groups is 1. The lowest BCUT2D eigenvalue weighted by Gasteiger charge is -2.37. The molecule has 1 aromatic carbocycles. The van der Waals surface area contributed by atoms with Crippen molar-refractivity contribution in [1.82, 2.24) is 9.21 Å². The van der Waals surface area contributed by atoms with Crippen LogP contribution in [0.1, 0.15) is 38.3 Å². The van der Waals surface area contributed by atoms with Crippen LogP contribution in [0.25, 0.3) is 0 Å². The van der Waals surface area contributed by atoms with Gasteiger partial charge in [0.1, 0.15) is 0 Å². The Morgan fingerprint density at radius 3 is 2.31 bits per heavy atom. The van der Waals surface area contributed by atoms with Gasteiger partial charge in [-0.15, -0.1) is 0 Å². The smallest absolute Gasteiger partial charge is 0.243 e. The van der Waals surface area contributed by atoms with Crippen molar-refractivity contribution in [3.63, 3.8) is 0 Å². The molecule has 0 unspecified atom stereocenters. The molecule has 2 N–H and O–H groups in total. The summed E-state index contributed by atoms with van der Waals surface area (Å²) in [4.78, 5) is 14.6. The Kier molecular flexibility index (Phi) is 5.16. The number of rotatable bonds is 3. The monoisotopic (exact) mass is 379 g/mol. The minimum Gasteiger partial charge on any atom is -0.339 e. The Morgan fingerprint density at radius 2 is 1.69 bits per heavy atom. The molecule has 7 heteroatoms. The van der Waals surface area contributed by atoms with E-state index in [0.29, 0.717) is 31.1 Å². The lowest BCUT2D eigenvalue weighted by Crippen LogP contribution is -2.56. The van der Waals surface area contributed by atoms with E-state index in [2.05, 4.69) is 0 Å². The third kappa shape index (κ3) is 3.66. The normalized spacial score (nSPS) is 20.1. The van der Waals surface area contributed by atoms with Crippen LogP contribution >= 0.6 is 0 Å². The second kappa shape index (κ2) is 6.94. The van der Waals surface area contributed by atoms with E-state index in [9.17, 15) is 13.2 Å². The molecule has 0 aromatic heterocycles. The van der Waals surface area contributed by atoms with Gasteiger partial charge >= 0.3 is 0 Å². The molecule has 0 spiro atoms. The number of hydrogen-bond donors (Lipinski definition) is 1. The molecule has 0 saturated carbocycles. The molecule has 6 nitrogen and oxygen atoms in total. The van der Waals surface area contributed by atoms with Crippen molar-refractivity contribution >= 4 is 15.9 Å². The van der Waals surface area contributed by atoms with E-state index in [4.69, 9.17) is 5.73 Å². The molecule has 144 valence electrons. The highest BCUT2D eigenvalue weighted by Crippen LogP contribution is 2.27. The first-order valence-electron chi connectivity index (χ1n) is 9.27. The third-order valence-electron chi connectivity index (χ3n) is 5.46. The van der Waals surface area contributed by atoms with Gasteiger partial charge in [0.25, 0.3) is 0 Å². The average Bonchev–Trinajstić information content (AvgIpc) is 3.07. The van der Waals surface area contributed by atoms with Crippen molar-refractivity contribution in [2.45, 2.75) is 51.0 Å². The van der Waals surface area contributed by atoms with Crippen LogP contribution in [0.4, 0.5) is 0 Å². The summed E-state index contributed by atoms with van der Waals surface area (Å²) < 4.78 is 27.4. The second-order valence-corrected chi connectivity index (χ2v) is 10.3. The van der Waals surface area contributed by atoms with Crippen LogP contribution in [0.15, 0.2) is 23.1 Å². The van der Waals surface area contributed by atoms with Crippen LogP contribution < -0.4 is 5.73 Å². The van der Waals surface area contributed by atoms with E-state index in [0.717, 1.165) is 24.8 Å². The predicted octanol–water partition coefficient (Wildman–Crippen LogP) is 1.38. The molecular weight excluding hydrogens is 350 g/mol. The molecule has 1 saturated heterocycles. The number of sulfonamides is 1. The third-order valence-corrected chi connectivity index (χ3v) is 7.35. The fraction of sp³-hybridized carbons (Fsp3) is 0.632. The van der Waals surface area contributed by atoms with Gasteiger partial charge < -0.3 is 10.6 Å². The van der Waals surface area contributed by atoms with E-state index in [1.165, 1.54) is 9.87 Å². The van der Waals surface area contributed by atoms with Gasteiger partial charge in [0.2, 0.25) is 15.9 Å². The first-order chi connectivity index (χ1) is 12.1. The number of piperazine rings is 1. The summed E-state index contributed by atoms with van der Waals surface area (Å²) in [6, 6.07) is 4.90. The fourth-order valence-corrected chi connectivity index (χ4v) is 5.05.